The number of aliphatic hydroxyl groups is 2. The largest absolute Gasteiger partial charge is 0.392 e. The van der Waals surface area contributed by atoms with Crippen LogP contribution in [0.5, 0.6) is 0 Å². The average Bonchev–Trinajstić information content (AvgIpc) is 2.69. The Morgan fingerprint density at radius 3 is 2.40 bits per heavy atom. The molecule has 2 unspecified atom stereocenters. The molecule has 5 nitrogen and oxygen atoms in total. The molecule has 2 N–H and O–H groups in total. The Balaban J connectivity index is 2.37. The highest BCUT2D eigenvalue weighted by molar-refractivity contribution is 8.00. The minimum absolute atomic E-state index is 0.0486. The van der Waals surface area contributed by atoms with Crippen molar-refractivity contribution in [1.82, 2.24) is 0 Å². The van der Waals surface area contributed by atoms with Crippen LogP contribution in [0.4, 0.5) is 5.69 Å². The van der Waals surface area contributed by atoms with Gasteiger partial charge in [-0.1, -0.05) is 19.9 Å². The number of nitrogens with zero attached hydrogens (tertiary/aromatic N) is 1. The normalized spacial score (nSPS) is 26.1. The Bertz CT molecular complexity index is 496. The summed E-state index contributed by atoms with van der Waals surface area (Å²) in [4.78, 5) is 11.4. The molecule has 20 heavy (non-hydrogen) atoms. The Morgan fingerprint density at radius 1 is 1.30 bits per heavy atom. The Kier molecular flexibility index (Phi) is 4.67. The van der Waals surface area contributed by atoms with Crippen molar-refractivity contribution >= 4 is 17.4 Å². The summed E-state index contributed by atoms with van der Waals surface area (Å²) in [6.07, 6.45) is -0.203. The van der Waals surface area contributed by atoms with Gasteiger partial charge in [-0.2, -0.15) is 0 Å². The molecule has 0 aliphatic heterocycles. The lowest BCUT2D eigenvalue weighted by atomic mass is 9.93. The van der Waals surface area contributed by atoms with Crippen LogP contribution in [0.2, 0.25) is 0 Å². The summed E-state index contributed by atoms with van der Waals surface area (Å²) in [7, 11) is 0. The molecule has 0 aromatic heterocycles. The van der Waals surface area contributed by atoms with Crippen molar-refractivity contribution in [2.75, 3.05) is 0 Å². The summed E-state index contributed by atoms with van der Waals surface area (Å²) in [6.45, 7) is 3.96. The summed E-state index contributed by atoms with van der Waals surface area (Å²) >= 11 is 1.44. The third-order valence-electron chi connectivity index (χ3n) is 3.51. The summed E-state index contributed by atoms with van der Waals surface area (Å²) in [6, 6.07) is 4.99. The van der Waals surface area contributed by atoms with Crippen LogP contribution < -0.4 is 0 Å². The lowest BCUT2D eigenvalue weighted by Crippen LogP contribution is -2.20. The minimum atomic E-state index is -0.631. The first-order valence-electron chi connectivity index (χ1n) is 6.71. The van der Waals surface area contributed by atoms with Crippen molar-refractivity contribution in [3.8, 4) is 0 Å². The van der Waals surface area contributed by atoms with Gasteiger partial charge >= 0.3 is 0 Å². The molecule has 1 aromatic carbocycles. The van der Waals surface area contributed by atoms with Gasteiger partial charge < -0.3 is 10.2 Å². The van der Waals surface area contributed by atoms with Gasteiger partial charge in [0.1, 0.15) is 0 Å². The molecule has 0 heterocycles. The van der Waals surface area contributed by atoms with E-state index >= 15 is 0 Å². The van der Waals surface area contributed by atoms with Crippen molar-refractivity contribution in [2.24, 2.45) is 0 Å². The van der Waals surface area contributed by atoms with Crippen LogP contribution in [0.25, 0.3) is 0 Å². The van der Waals surface area contributed by atoms with Crippen LogP contribution in [-0.4, -0.2) is 32.6 Å². The Morgan fingerprint density at radius 2 is 1.90 bits per heavy atom. The molecule has 0 bridgehead atoms. The van der Waals surface area contributed by atoms with Gasteiger partial charge in [0.2, 0.25) is 0 Å². The number of benzene rings is 1. The van der Waals surface area contributed by atoms with Gasteiger partial charge in [0.15, 0.2) is 0 Å². The van der Waals surface area contributed by atoms with Crippen molar-refractivity contribution in [3.63, 3.8) is 0 Å². The zero-order valence-corrected chi connectivity index (χ0v) is 12.3. The maximum absolute atomic E-state index is 11.2. The van der Waals surface area contributed by atoms with Crippen LogP contribution in [0.15, 0.2) is 23.1 Å². The van der Waals surface area contributed by atoms with E-state index in [1.807, 2.05) is 13.8 Å². The molecule has 0 radical (unpaired) electrons. The molecule has 2 rings (SSSR count). The van der Waals surface area contributed by atoms with Crippen LogP contribution in [0, 0.1) is 10.1 Å². The van der Waals surface area contributed by atoms with Crippen LogP contribution in [-0.2, 0) is 0 Å². The first-order chi connectivity index (χ1) is 9.40. The monoisotopic (exact) mass is 297 g/mol. The predicted molar refractivity (Wildman–Crippen MR) is 78.1 cm³/mol. The summed E-state index contributed by atoms with van der Waals surface area (Å²) in [5, 5.41) is 31.3. The fourth-order valence-electron chi connectivity index (χ4n) is 2.64. The molecule has 2 atom stereocenters. The van der Waals surface area contributed by atoms with E-state index in [0.29, 0.717) is 23.3 Å². The lowest BCUT2D eigenvalue weighted by molar-refractivity contribution is -0.387. The molecule has 0 amide bonds. The van der Waals surface area contributed by atoms with E-state index in [0.717, 1.165) is 0 Å². The fraction of sp³-hybridized carbons (Fsp3) is 0.571. The van der Waals surface area contributed by atoms with Gasteiger partial charge in [0, 0.05) is 17.2 Å². The first kappa shape index (κ1) is 15.3. The van der Waals surface area contributed by atoms with Gasteiger partial charge in [0.25, 0.3) is 5.69 Å². The second-order valence-electron chi connectivity index (χ2n) is 5.39. The summed E-state index contributed by atoms with van der Waals surface area (Å²) < 4.78 is 0. The van der Waals surface area contributed by atoms with E-state index in [9.17, 15) is 20.3 Å². The molecular weight excluding hydrogens is 278 g/mol. The maximum Gasteiger partial charge on any atom is 0.283 e. The third-order valence-corrected chi connectivity index (χ3v) is 4.59. The predicted octanol–water partition coefficient (Wildman–Crippen LogP) is 2.69. The van der Waals surface area contributed by atoms with Gasteiger partial charge in [-0.25, -0.2) is 0 Å². The van der Waals surface area contributed by atoms with E-state index < -0.39 is 23.0 Å². The molecule has 1 fully saturated rings. The molecular formula is C14H19NO4S. The number of rotatable bonds is 4. The lowest BCUT2D eigenvalue weighted by Gasteiger charge is -2.19. The number of nitro benzene ring substituents is 1. The van der Waals surface area contributed by atoms with Crippen LogP contribution >= 0.6 is 11.8 Å². The minimum Gasteiger partial charge on any atom is -0.392 e. The van der Waals surface area contributed by atoms with Gasteiger partial charge in [-0.05, 0) is 24.5 Å². The first-order valence-corrected chi connectivity index (χ1v) is 7.59. The number of hydrogen-bond donors (Lipinski definition) is 2. The quantitative estimate of drug-likeness (QED) is 0.507. The van der Waals surface area contributed by atoms with Gasteiger partial charge in [0.05, 0.1) is 22.0 Å². The van der Waals surface area contributed by atoms with E-state index in [-0.39, 0.29) is 10.9 Å². The maximum atomic E-state index is 11.2. The molecule has 110 valence electrons. The smallest absolute Gasteiger partial charge is 0.283 e. The van der Waals surface area contributed by atoms with Crippen molar-refractivity contribution in [2.45, 2.75) is 55.0 Å². The van der Waals surface area contributed by atoms with Gasteiger partial charge in [-0.15, -0.1) is 11.8 Å². The number of thioether (sulfide) groups is 1. The molecule has 1 aliphatic carbocycles. The second kappa shape index (κ2) is 6.11. The van der Waals surface area contributed by atoms with Gasteiger partial charge in [-0.3, -0.25) is 10.1 Å². The van der Waals surface area contributed by atoms with E-state index in [1.165, 1.54) is 17.8 Å². The van der Waals surface area contributed by atoms with E-state index in [1.54, 1.807) is 12.1 Å². The van der Waals surface area contributed by atoms with Crippen molar-refractivity contribution in [1.29, 1.82) is 0 Å². The highest BCUT2D eigenvalue weighted by atomic mass is 32.2. The Labute approximate surface area is 122 Å². The highest BCUT2D eigenvalue weighted by Gasteiger charge is 2.35. The number of nitro groups is 1. The third kappa shape index (κ3) is 3.13. The SMILES string of the molecule is CC(C)Sc1ccc(C2C(O)CCC2O)cc1[N+](=O)[O-]. The van der Waals surface area contributed by atoms with Crippen LogP contribution in [0.3, 0.4) is 0 Å². The summed E-state index contributed by atoms with van der Waals surface area (Å²) in [5.41, 5.74) is 0.690. The molecule has 0 spiro atoms. The second-order valence-corrected chi connectivity index (χ2v) is 7.01. The highest BCUT2D eigenvalue weighted by Crippen LogP contribution is 2.39. The Hall–Kier alpha value is -1.11. The fourth-order valence-corrected chi connectivity index (χ4v) is 3.55. The average molecular weight is 297 g/mol. The standard InChI is InChI=1S/C14H19NO4S/c1-8(2)20-13-6-3-9(7-10(13)15(18)19)14-11(16)4-5-12(14)17/h3,6-8,11-12,14,16-17H,4-5H2,1-2H3. The molecule has 6 heteroatoms. The number of aliphatic hydroxyl groups excluding tert-OH is 2. The zero-order chi connectivity index (χ0) is 14.9. The van der Waals surface area contributed by atoms with E-state index in [2.05, 4.69) is 0 Å². The van der Waals surface area contributed by atoms with Crippen molar-refractivity contribution < 1.29 is 15.1 Å². The summed E-state index contributed by atoms with van der Waals surface area (Å²) in [5.74, 6) is -0.424. The topological polar surface area (TPSA) is 83.6 Å². The molecule has 1 saturated carbocycles. The van der Waals surface area contributed by atoms with Crippen LogP contribution in [0.1, 0.15) is 38.2 Å². The molecule has 1 aliphatic rings. The van der Waals surface area contributed by atoms with E-state index in [4.69, 9.17) is 0 Å². The number of hydrogen-bond acceptors (Lipinski definition) is 5. The molecule has 1 aromatic rings. The molecule has 0 saturated heterocycles. The van der Waals surface area contributed by atoms with Crippen molar-refractivity contribution in [3.05, 3.63) is 33.9 Å². The zero-order valence-electron chi connectivity index (χ0n) is 11.5.